The topological polar surface area (TPSA) is 38.3 Å². The van der Waals surface area contributed by atoms with Crippen LogP contribution in [0.2, 0.25) is 0 Å². The molecule has 0 fully saturated rings. The van der Waals surface area contributed by atoms with Gasteiger partial charge in [-0.05, 0) is 12.3 Å². The zero-order valence-electron chi connectivity index (χ0n) is 10.0. The molecule has 90 valence electrons. The second-order valence-electron chi connectivity index (χ2n) is 4.17. The van der Waals surface area contributed by atoms with Crippen LogP contribution < -0.4 is 5.32 Å². The number of alkyl halides is 1. The van der Waals surface area contributed by atoms with Crippen LogP contribution >= 0.6 is 11.6 Å². The number of hydrogen-bond acceptors (Lipinski definition) is 2. The van der Waals surface area contributed by atoms with E-state index in [1.165, 1.54) is 0 Å². The summed E-state index contributed by atoms with van der Waals surface area (Å²) in [7, 11) is 1.62. The van der Waals surface area contributed by atoms with E-state index in [0.29, 0.717) is 18.4 Å². The van der Waals surface area contributed by atoms with Gasteiger partial charge in [0.05, 0.1) is 12.6 Å². The number of carbonyl (C=O) groups excluding carboxylic acids is 1. The molecule has 0 aromatic rings. The minimum Gasteiger partial charge on any atom is -0.383 e. The van der Waals surface area contributed by atoms with E-state index >= 15 is 0 Å². The molecule has 0 heterocycles. The van der Waals surface area contributed by atoms with Crippen LogP contribution in [0.15, 0.2) is 0 Å². The third-order valence-corrected chi connectivity index (χ3v) is 2.80. The normalized spacial score (nSPS) is 15.1. The molecule has 15 heavy (non-hydrogen) atoms. The fraction of sp³-hybridized carbons (Fsp3) is 0.909. The van der Waals surface area contributed by atoms with Gasteiger partial charge in [-0.25, -0.2) is 0 Å². The summed E-state index contributed by atoms with van der Waals surface area (Å²) in [6.07, 6.45) is 0.742. The molecular formula is C11H22ClNO2. The molecule has 0 aliphatic carbocycles. The molecule has 2 unspecified atom stereocenters. The third kappa shape index (κ3) is 6.00. The van der Waals surface area contributed by atoms with E-state index in [4.69, 9.17) is 16.3 Å². The predicted octanol–water partition coefficient (Wildman–Crippen LogP) is 2.04. The Labute approximate surface area is 97.5 Å². The summed E-state index contributed by atoms with van der Waals surface area (Å²) >= 11 is 5.65. The Morgan fingerprint density at radius 3 is 2.40 bits per heavy atom. The van der Waals surface area contributed by atoms with Crippen LogP contribution in [-0.4, -0.2) is 31.5 Å². The quantitative estimate of drug-likeness (QED) is 0.686. The SMILES string of the molecule is COCC(CCCl)NC(=O)C(C)C(C)C. The van der Waals surface area contributed by atoms with E-state index in [2.05, 4.69) is 5.32 Å². The Morgan fingerprint density at radius 1 is 1.40 bits per heavy atom. The summed E-state index contributed by atoms with van der Waals surface area (Å²) in [6, 6.07) is 0.0289. The summed E-state index contributed by atoms with van der Waals surface area (Å²) in [5.41, 5.74) is 0. The van der Waals surface area contributed by atoms with E-state index in [1.807, 2.05) is 20.8 Å². The molecule has 4 heteroatoms. The molecule has 1 N–H and O–H groups in total. The van der Waals surface area contributed by atoms with Gasteiger partial charge < -0.3 is 10.1 Å². The van der Waals surface area contributed by atoms with Crippen molar-refractivity contribution in [2.45, 2.75) is 33.2 Å². The fourth-order valence-corrected chi connectivity index (χ4v) is 1.43. The number of rotatable bonds is 7. The van der Waals surface area contributed by atoms with Crippen molar-refractivity contribution < 1.29 is 9.53 Å². The minimum absolute atomic E-state index is 0.0275. The van der Waals surface area contributed by atoms with E-state index in [1.54, 1.807) is 7.11 Å². The van der Waals surface area contributed by atoms with E-state index in [-0.39, 0.29) is 17.9 Å². The molecule has 0 aromatic carbocycles. The smallest absolute Gasteiger partial charge is 0.223 e. The number of nitrogens with one attached hydrogen (secondary N) is 1. The van der Waals surface area contributed by atoms with Crippen LogP contribution in [0.1, 0.15) is 27.2 Å². The molecule has 0 aromatic heterocycles. The van der Waals surface area contributed by atoms with Crippen LogP contribution in [0.4, 0.5) is 0 Å². The molecule has 1 amide bonds. The molecule has 0 spiro atoms. The summed E-state index contributed by atoms with van der Waals surface area (Å²) in [6.45, 7) is 6.53. The van der Waals surface area contributed by atoms with Crippen LogP contribution in [0.25, 0.3) is 0 Å². The number of methoxy groups -OCH3 is 1. The Hall–Kier alpha value is -0.280. The summed E-state index contributed by atoms with van der Waals surface area (Å²) in [4.78, 5) is 11.7. The van der Waals surface area contributed by atoms with Crippen LogP contribution in [0, 0.1) is 11.8 Å². The first-order valence-corrected chi connectivity index (χ1v) is 5.91. The monoisotopic (exact) mass is 235 g/mol. The fourth-order valence-electron chi connectivity index (χ4n) is 1.17. The van der Waals surface area contributed by atoms with Gasteiger partial charge in [0, 0.05) is 18.9 Å². The van der Waals surface area contributed by atoms with Crippen LogP contribution in [0.3, 0.4) is 0 Å². The second-order valence-corrected chi connectivity index (χ2v) is 4.55. The standard InChI is InChI=1S/C11H22ClNO2/c1-8(2)9(3)11(14)13-10(5-6-12)7-15-4/h8-10H,5-7H2,1-4H3,(H,13,14). The average molecular weight is 236 g/mol. The van der Waals surface area contributed by atoms with Gasteiger partial charge in [-0.1, -0.05) is 20.8 Å². The first-order valence-electron chi connectivity index (χ1n) is 5.38. The Bertz CT molecular complexity index is 179. The summed E-state index contributed by atoms with van der Waals surface area (Å²) in [5.74, 6) is 0.991. The van der Waals surface area contributed by atoms with Crippen molar-refractivity contribution in [3.8, 4) is 0 Å². The lowest BCUT2D eigenvalue weighted by atomic mass is 9.97. The van der Waals surface area contributed by atoms with Gasteiger partial charge in [0.15, 0.2) is 0 Å². The lowest BCUT2D eigenvalue weighted by Gasteiger charge is -2.21. The molecule has 2 atom stereocenters. The third-order valence-electron chi connectivity index (χ3n) is 2.59. The highest BCUT2D eigenvalue weighted by molar-refractivity contribution is 6.17. The largest absolute Gasteiger partial charge is 0.383 e. The van der Waals surface area contributed by atoms with Gasteiger partial charge in [0.25, 0.3) is 0 Å². The van der Waals surface area contributed by atoms with Gasteiger partial charge in [-0.3, -0.25) is 4.79 Å². The molecule has 0 bridgehead atoms. The molecule has 0 aliphatic rings. The zero-order valence-corrected chi connectivity index (χ0v) is 10.8. The molecule has 3 nitrogen and oxygen atoms in total. The minimum atomic E-state index is 0.0275. The van der Waals surface area contributed by atoms with E-state index in [9.17, 15) is 4.79 Å². The molecule has 0 saturated carbocycles. The van der Waals surface area contributed by atoms with Gasteiger partial charge in [0.2, 0.25) is 5.91 Å². The molecule has 0 rings (SSSR count). The number of amides is 1. The van der Waals surface area contributed by atoms with Crippen molar-refractivity contribution in [1.82, 2.24) is 5.32 Å². The number of halogens is 1. The molecular weight excluding hydrogens is 214 g/mol. The Kier molecular flexibility index (Phi) is 7.79. The molecule has 0 radical (unpaired) electrons. The van der Waals surface area contributed by atoms with E-state index < -0.39 is 0 Å². The maximum Gasteiger partial charge on any atom is 0.223 e. The highest BCUT2D eigenvalue weighted by Crippen LogP contribution is 2.10. The predicted molar refractivity (Wildman–Crippen MR) is 63.1 cm³/mol. The number of hydrogen-bond donors (Lipinski definition) is 1. The van der Waals surface area contributed by atoms with Crippen LogP contribution in [0.5, 0.6) is 0 Å². The number of ether oxygens (including phenoxy) is 1. The summed E-state index contributed by atoms with van der Waals surface area (Å²) in [5, 5.41) is 2.95. The van der Waals surface area contributed by atoms with Gasteiger partial charge in [-0.2, -0.15) is 0 Å². The first-order chi connectivity index (χ1) is 7.02. The average Bonchev–Trinajstić information content (AvgIpc) is 2.17. The van der Waals surface area contributed by atoms with E-state index in [0.717, 1.165) is 6.42 Å². The molecule has 0 saturated heterocycles. The lowest BCUT2D eigenvalue weighted by molar-refractivity contribution is -0.126. The van der Waals surface area contributed by atoms with Crippen molar-refractivity contribution in [3.63, 3.8) is 0 Å². The highest BCUT2D eigenvalue weighted by atomic mass is 35.5. The van der Waals surface area contributed by atoms with Crippen molar-refractivity contribution in [2.75, 3.05) is 19.6 Å². The van der Waals surface area contributed by atoms with Gasteiger partial charge in [0.1, 0.15) is 0 Å². The second kappa shape index (κ2) is 7.94. The maximum atomic E-state index is 11.7. The van der Waals surface area contributed by atoms with Crippen molar-refractivity contribution >= 4 is 17.5 Å². The van der Waals surface area contributed by atoms with Gasteiger partial charge in [-0.15, -0.1) is 11.6 Å². The Balaban J connectivity index is 4.09. The van der Waals surface area contributed by atoms with Crippen LogP contribution in [-0.2, 0) is 9.53 Å². The van der Waals surface area contributed by atoms with Crippen molar-refractivity contribution in [1.29, 1.82) is 0 Å². The Morgan fingerprint density at radius 2 is 2.00 bits per heavy atom. The van der Waals surface area contributed by atoms with Crippen molar-refractivity contribution in [2.24, 2.45) is 11.8 Å². The van der Waals surface area contributed by atoms with Gasteiger partial charge >= 0.3 is 0 Å². The summed E-state index contributed by atoms with van der Waals surface area (Å²) < 4.78 is 5.02. The molecule has 0 aliphatic heterocycles. The lowest BCUT2D eigenvalue weighted by Crippen LogP contribution is -2.42. The highest BCUT2D eigenvalue weighted by Gasteiger charge is 2.19. The first kappa shape index (κ1) is 14.7. The maximum absolute atomic E-state index is 11.7. The zero-order chi connectivity index (χ0) is 11.8. The van der Waals surface area contributed by atoms with Crippen molar-refractivity contribution in [3.05, 3.63) is 0 Å². The number of carbonyl (C=O) groups is 1.